The maximum atomic E-state index is 5.35. The molecular weight excluding hydrogens is 286 g/mol. The van der Waals surface area contributed by atoms with E-state index in [0.29, 0.717) is 18.4 Å². The number of aryl methyl sites for hydroxylation is 2. The first-order valence-electron chi connectivity index (χ1n) is 7.13. The molecule has 1 aliphatic rings. The second-order valence-electron chi connectivity index (χ2n) is 5.18. The third-order valence-electron chi connectivity index (χ3n) is 3.67. The van der Waals surface area contributed by atoms with E-state index in [1.807, 2.05) is 18.2 Å². The summed E-state index contributed by atoms with van der Waals surface area (Å²) in [7, 11) is 0. The summed E-state index contributed by atoms with van der Waals surface area (Å²) in [5.74, 6) is 1.77. The predicted octanol–water partition coefficient (Wildman–Crippen LogP) is 2.97. The minimum Gasteiger partial charge on any atom is -0.381 e. The summed E-state index contributed by atoms with van der Waals surface area (Å²) in [6, 6.07) is 8.19. The van der Waals surface area contributed by atoms with Crippen molar-refractivity contribution in [2.45, 2.75) is 25.2 Å². The highest BCUT2D eigenvalue weighted by atomic mass is 32.1. The molecule has 1 atom stereocenters. The molecule has 1 aromatic carbocycles. The molecule has 3 heterocycles. The minimum atomic E-state index is 0.296. The number of rotatable bonds is 4. The average molecular weight is 301 g/mol. The number of aromatic nitrogens is 3. The molecule has 2 aromatic heterocycles. The van der Waals surface area contributed by atoms with Gasteiger partial charge in [0.25, 0.3) is 0 Å². The van der Waals surface area contributed by atoms with Gasteiger partial charge >= 0.3 is 0 Å². The van der Waals surface area contributed by atoms with Gasteiger partial charge in [0.2, 0.25) is 5.89 Å². The zero-order valence-corrected chi connectivity index (χ0v) is 12.3. The van der Waals surface area contributed by atoms with Gasteiger partial charge in [0.05, 0.1) is 21.8 Å². The van der Waals surface area contributed by atoms with E-state index >= 15 is 0 Å². The predicted molar refractivity (Wildman–Crippen MR) is 79.5 cm³/mol. The average Bonchev–Trinajstić information content (AvgIpc) is 3.23. The van der Waals surface area contributed by atoms with Crippen LogP contribution >= 0.6 is 11.3 Å². The molecule has 3 aromatic rings. The van der Waals surface area contributed by atoms with Crippen LogP contribution in [0.5, 0.6) is 0 Å². The molecule has 0 bridgehead atoms. The van der Waals surface area contributed by atoms with Crippen molar-refractivity contribution in [3.8, 4) is 0 Å². The van der Waals surface area contributed by atoms with Crippen molar-refractivity contribution in [1.82, 2.24) is 15.1 Å². The number of thiazole rings is 1. The van der Waals surface area contributed by atoms with E-state index in [1.54, 1.807) is 11.3 Å². The van der Waals surface area contributed by atoms with Gasteiger partial charge in [-0.1, -0.05) is 17.3 Å². The highest BCUT2D eigenvalue weighted by Crippen LogP contribution is 2.24. The van der Waals surface area contributed by atoms with Crippen molar-refractivity contribution < 1.29 is 9.26 Å². The smallest absolute Gasteiger partial charge is 0.227 e. The van der Waals surface area contributed by atoms with Gasteiger partial charge in [-0.3, -0.25) is 0 Å². The van der Waals surface area contributed by atoms with Crippen molar-refractivity contribution in [3.63, 3.8) is 0 Å². The summed E-state index contributed by atoms with van der Waals surface area (Å²) in [5.41, 5.74) is 1.06. The Morgan fingerprint density at radius 1 is 1.19 bits per heavy atom. The van der Waals surface area contributed by atoms with Crippen molar-refractivity contribution in [2.75, 3.05) is 13.2 Å². The van der Waals surface area contributed by atoms with E-state index in [9.17, 15) is 0 Å². The maximum absolute atomic E-state index is 5.35. The molecule has 0 spiro atoms. The molecule has 1 aliphatic heterocycles. The monoisotopic (exact) mass is 301 g/mol. The lowest BCUT2D eigenvalue weighted by Gasteiger charge is -1.97. The zero-order valence-electron chi connectivity index (χ0n) is 11.5. The first-order chi connectivity index (χ1) is 10.4. The summed E-state index contributed by atoms with van der Waals surface area (Å²) in [4.78, 5) is 9.10. The Hall–Kier alpha value is -1.79. The van der Waals surface area contributed by atoms with E-state index in [4.69, 9.17) is 9.26 Å². The fourth-order valence-electron chi connectivity index (χ4n) is 2.51. The first-order valence-corrected chi connectivity index (χ1v) is 7.95. The summed E-state index contributed by atoms with van der Waals surface area (Å²) in [6.07, 6.45) is 2.55. The number of ether oxygens (including phenoxy) is 1. The lowest BCUT2D eigenvalue weighted by molar-refractivity contribution is 0.192. The Kier molecular flexibility index (Phi) is 3.40. The summed E-state index contributed by atoms with van der Waals surface area (Å²) < 4.78 is 11.9. The van der Waals surface area contributed by atoms with E-state index < -0.39 is 0 Å². The number of fused-ring (bicyclic) bond motifs is 1. The Balaban J connectivity index is 1.44. The van der Waals surface area contributed by atoms with E-state index in [2.05, 4.69) is 21.2 Å². The van der Waals surface area contributed by atoms with Crippen LogP contribution in [0.25, 0.3) is 10.2 Å². The van der Waals surface area contributed by atoms with Gasteiger partial charge < -0.3 is 9.26 Å². The van der Waals surface area contributed by atoms with Gasteiger partial charge in [-0.2, -0.15) is 4.98 Å². The minimum absolute atomic E-state index is 0.296. The normalized spacial score (nSPS) is 18.6. The molecular formula is C15H15N3O2S. The Morgan fingerprint density at radius 2 is 2.14 bits per heavy atom. The van der Waals surface area contributed by atoms with Gasteiger partial charge in [0.1, 0.15) is 0 Å². The second kappa shape index (κ2) is 5.54. The Morgan fingerprint density at radius 3 is 3.00 bits per heavy atom. The lowest BCUT2D eigenvalue weighted by Crippen LogP contribution is -2.00. The fourth-order valence-corrected chi connectivity index (χ4v) is 3.48. The topological polar surface area (TPSA) is 61.0 Å². The summed E-state index contributed by atoms with van der Waals surface area (Å²) in [5, 5.41) is 5.18. The van der Waals surface area contributed by atoms with E-state index in [-0.39, 0.29) is 0 Å². The molecule has 108 valence electrons. The molecule has 0 amide bonds. The number of hydrogen-bond donors (Lipinski definition) is 0. The van der Waals surface area contributed by atoms with Crippen LogP contribution in [0.2, 0.25) is 0 Å². The maximum Gasteiger partial charge on any atom is 0.227 e. The van der Waals surface area contributed by atoms with Crippen LogP contribution in [0.1, 0.15) is 29.1 Å². The van der Waals surface area contributed by atoms with E-state index in [0.717, 1.165) is 42.2 Å². The lowest BCUT2D eigenvalue weighted by atomic mass is 10.1. The Labute approximate surface area is 126 Å². The highest BCUT2D eigenvalue weighted by Gasteiger charge is 2.23. The van der Waals surface area contributed by atoms with Gasteiger partial charge in [-0.05, 0) is 18.6 Å². The first kappa shape index (κ1) is 12.9. The number of nitrogens with zero attached hydrogens (tertiary/aromatic N) is 3. The summed E-state index contributed by atoms with van der Waals surface area (Å²) in [6.45, 7) is 1.50. The molecule has 0 N–H and O–H groups in total. The number of hydrogen-bond acceptors (Lipinski definition) is 6. The molecule has 6 heteroatoms. The fraction of sp³-hybridized carbons (Fsp3) is 0.400. The number of benzene rings is 1. The quantitative estimate of drug-likeness (QED) is 0.741. The molecule has 0 aliphatic carbocycles. The largest absolute Gasteiger partial charge is 0.381 e. The van der Waals surface area contributed by atoms with Crippen LogP contribution in [0, 0.1) is 0 Å². The van der Waals surface area contributed by atoms with Gasteiger partial charge in [0, 0.05) is 25.4 Å². The van der Waals surface area contributed by atoms with Crippen LogP contribution in [0.4, 0.5) is 0 Å². The van der Waals surface area contributed by atoms with E-state index in [1.165, 1.54) is 4.70 Å². The van der Waals surface area contributed by atoms with Crippen LogP contribution in [-0.2, 0) is 17.6 Å². The number of para-hydroxylation sites is 1. The van der Waals surface area contributed by atoms with Crippen LogP contribution in [-0.4, -0.2) is 28.3 Å². The van der Waals surface area contributed by atoms with Crippen molar-refractivity contribution in [2.24, 2.45) is 0 Å². The molecule has 21 heavy (non-hydrogen) atoms. The summed E-state index contributed by atoms with van der Waals surface area (Å²) >= 11 is 1.73. The molecule has 1 saturated heterocycles. The molecule has 1 unspecified atom stereocenters. The van der Waals surface area contributed by atoms with Gasteiger partial charge in [-0.25, -0.2) is 4.98 Å². The van der Waals surface area contributed by atoms with Crippen LogP contribution < -0.4 is 0 Å². The highest BCUT2D eigenvalue weighted by molar-refractivity contribution is 7.18. The van der Waals surface area contributed by atoms with Crippen LogP contribution in [0.3, 0.4) is 0 Å². The molecule has 1 fully saturated rings. The molecule has 5 nitrogen and oxygen atoms in total. The second-order valence-corrected chi connectivity index (χ2v) is 6.30. The standard InChI is InChI=1S/C15H15N3O2S/c1-2-4-12-11(3-1)16-14(21-12)6-5-13-17-15(18-20-13)10-7-8-19-9-10/h1-4,10H,5-9H2. The third kappa shape index (κ3) is 2.69. The SMILES string of the molecule is c1ccc2sc(CCc3nc(C4CCOC4)no3)nc2c1. The third-order valence-corrected chi connectivity index (χ3v) is 4.77. The molecule has 0 saturated carbocycles. The zero-order chi connectivity index (χ0) is 14.1. The van der Waals surface area contributed by atoms with Gasteiger partial charge in [-0.15, -0.1) is 11.3 Å². The van der Waals surface area contributed by atoms with Gasteiger partial charge in [0.15, 0.2) is 5.82 Å². The van der Waals surface area contributed by atoms with Crippen molar-refractivity contribution in [1.29, 1.82) is 0 Å². The van der Waals surface area contributed by atoms with Crippen molar-refractivity contribution >= 4 is 21.6 Å². The van der Waals surface area contributed by atoms with Crippen molar-refractivity contribution in [3.05, 3.63) is 41.0 Å². The molecule has 4 rings (SSSR count). The van der Waals surface area contributed by atoms with Crippen LogP contribution in [0.15, 0.2) is 28.8 Å². The molecule has 0 radical (unpaired) electrons. The Bertz CT molecular complexity index is 713.